The number of aromatic hydroxyl groups is 1. The highest BCUT2D eigenvalue weighted by molar-refractivity contribution is 7.80. The predicted octanol–water partition coefficient (Wildman–Crippen LogP) is 3.94. The maximum atomic E-state index is 12.1. The molecule has 1 aliphatic carbocycles. The van der Waals surface area contributed by atoms with Gasteiger partial charge in [0.05, 0.1) is 0 Å². The second-order valence-corrected chi connectivity index (χ2v) is 6.19. The van der Waals surface area contributed by atoms with Crippen LogP contribution in [0.2, 0.25) is 0 Å². The number of carbonyl (C=O) groups is 1. The van der Waals surface area contributed by atoms with Gasteiger partial charge in [0.1, 0.15) is 5.75 Å². The van der Waals surface area contributed by atoms with Crippen molar-refractivity contribution < 1.29 is 14.6 Å². The number of benzene rings is 1. The third kappa shape index (κ3) is 4.75. The van der Waals surface area contributed by atoms with Gasteiger partial charge in [-0.1, -0.05) is 24.4 Å². The number of carbonyl (C=O) groups excluding carboxylic acids is 1. The highest BCUT2D eigenvalue weighted by Crippen LogP contribution is 2.28. The Labute approximate surface area is 137 Å². The predicted molar refractivity (Wildman–Crippen MR) is 92.1 cm³/mol. The van der Waals surface area contributed by atoms with Gasteiger partial charge in [-0.25, -0.2) is 0 Å². The first-order valence-electron chi connectivity index (χ1n) is 7.64. The summed E-state index contributed by atoms with van der Waals surface area (Å²) in [7, 11) is 1.70. The highest BCUT2D eigenvalue weighted by atomic mass is 32.1. The van der Waals surface area contributed by atoms with Crippen molar-refractivity contribution in [2.24, 2.45) is 5.92 Å². The van der Waals surface area contributed by atoms with E-state index < -0.39 is 0 Å². The fraction of sp³-hybridized carbons (Fsp3) is 0.444. The SMILES string of the molecule is COCCC1CC/C(c2ccc(O)cc2)=C\C(=O)CCC1=S. The number of ketones is 1. The molecule has 4 heteroatoms. The lowest BCUT2D eigenvalue weighted by atomic mass is 9.91. The van der Waals surface area contributed by atoms with E-state index in [1.165, 1.54) is 0 Å². The van der Waals surface area contributed by atoms with Crippen LogP contribution in [-0.2, 0) is 9.53 Å². The molecule has 22 heavy (non-hydrogen) atoms. The molecule has 0 aromatic heterocycles. The summed E-state index contributed by atoms with van der Waals surface area (Å²) >= 11 is 5.51. The van der Waals surface area contributed by atoms with Gasteiger partial charge in [-0.2, -0.15) is 0 Å². The summed E-state index contributed by atoms with van der Waals surface area (Å²) in [6.45, 7) is 0.691. The largest absolute Gasteiger partial charge is 0.508 e. The van der Waals surface area contributed by atoms with Crippen molar-refractivity contribution in [1.29, 1.82) is 0 Å². The molecule has 118 valence electrons. The van der Waals surface area contributed by atoms with E-state index in [0.717, 1.165) is 35.3 Å². The Kier molecular flexibility index (Phi) is 6.28. The van der Waals surface area contributed by atoms with Crippen LogP contribution < -0.4 is 0 Å². The molecular weight excluding hydrogens is 296 g/mol. The smallest absolute Gasteiger partial charge is 0.156 e. The molecule has 0 fully saturated rings. The van der Waals surface area contributed by atoms with Crippen LogP contribution in [0.25, 0.3) is 5.57 Å². The third-order valence-electron chi connectivity index (χ3n) is 4.08. The van der Waals surface area contributed by atoms with E-state index in [0.29, 0.717) is 25.4 Å². The van der Waals surface area contributed by atoms with Crippen LogP contribution in [0.1, 0.15) is 37.7 Å². The van der Waals surface area contributed by atoms with Crippen molar-refractivity contribution >= 4 is 28.4 Å². The zero-order valence-corrected chi connectivity index (χ0v) is 13.7. The van der Waals surface area contributed by atoms with Crippen LogP contribution in [0.3, 0.4) is 0 Å². The number of phenolic OH excluding ortho intramolecular Hbond substituents is 1. The van der Waals surface area contributed by atoms with Gasteiger partial charge in [0, 0.05) is 20.1 Å². The molecule has 0 saturated heterocycles. The highest BCUT2D eigenvalue weighted by Gasteiger charge is 2.19. The number of allylic oxidation sites excluding steroid dienone is 2. The summed E-state index contributed by atoms with van der Waals surface area (Å²) < 4.78 is 5.17. The minimum Gasteiger partial charge on any atom is -0.508 e. The van der Waals surface area contributed by atoms with E-state index in [1.807, 2.05) is 12.1 Å². The molecule has 1 aromatic rings. The van der Waals surface area contributed by atoms with Gasteiger partial charge in [-0.15, -0.1) is 0 Å². The van der Waals surface area contributed by atoms with Crippen molar-refractivity contribution in [3.8, 4) is 5.75 Å². The monoisotopic (exact) mass is 318 g/mol. The molecule has 0 heterocycles. The molecular formula is C18H22O3S. The van der Waals surface area contributed by atoms with Gasteiger partial charge in [-0.3, -0.25) is 4.79 Å². The first kappa shape index (κ1) is 16.8. The van der Waals surface area contributed by atoms with E-state index in [1.54, 1.807) is 25.3 Å². The quantitative estimate of drug-likeness (QED) is 0.854. The number of phenols is 1. The topological polar surface area (TPSA) is 46.5 Å². The lowest BCUT2D eigenvalue weighted by Gasteiger charge is -2.17. The van der Waals surface area contributed by atoms with Crippen molar-refractivity contribution in [1.82, 2.24) is 0 Å². The molecule has 1 N–H and O–H groups in total. The molecule has 1 aliphatic rings. The summed E-state index contributed by atoms with van der Waals surface area (Å²) in [5, 5.41) is 9.41. The summed E-state index contributed by atoms with van der Waals surface area (Å²) in [5.74, 6) is 0.678. The van der Waals surface area contributed by atoms with Gasteiger partial charge >= 0.3 is 0 Å². The zero-order chi connectivity index (χ0) is 15.9. The number of rotatable bonds is 4. The molecule has 1 aromatic carbocycles. The number of ether oxygens (including phenoxy) is 1. The summed E-state index contributed by atoms with van der Waals surface area (Å²) in [6, 6.07) is 7.02. The molecule has 0 spiro atoms. The maximum absolute atomic E-state index is 12.1. The number of methoxy groups -OCH3 is 1. The average molecular weight is 318 g/mol. The second kappa shape index (κ2) is 8.20. The lowest BCUT2D eigenvalue weighted by molar-refractivity contribution is -0.114. The van der Waals surface area contributed by atoms with Gasteiger partial charge < -0.3 is 9.84 Å². The standard InChI is InChI=1S/C18H22O3S/c1-21-11-10-14-2-3-15(12-17(20)8-9-18(14)22)13-4-6-16(19)7-5-13/h4-7,12,14,19H,2-3,8-11H2,1H3/b15-12+. The van der Waals surface area contributed by atoms with Crippen LogP contribution in [-0.4, -0.2) is 29.5 Å². The Morgan fingerprint density at radius 2 is 1.95 bits per heavy atom. The van der Waals surface area contributed by atoms with Gasteiger partial charge in [0.25, 0.3) is 0 Å². The number of thiocarbonyl (C=S) groups is 1. The Bertz CT molecular complexity index is 560. The molecule has 1 unspecified atom stereocenters. The minimum absolute atomic E-state index is 0.123. The minimum atomic E-state index is 0.123. The van der Waals surface area contributed by atoms with E-state index in [9.17, 15) is 9.90 Å². The molecule has 0 radical (unpaired) electrons. The maximum Gasteiger partial charge on any atom is 0.156 e. The van der Waals surface area contributed by atoms with E-state index in [-0.39, 0.29) is 11.5 Å². The molecule has 0 amide bonds. The first-order valence-corrected chi connectivity index (χ1v) is 8.05. The molecule has 3 nitrogen and oxygen atoms in total. The van der Waals surface area contributed by atoms with Crippen LogP contribution in [0.5, 0.6) is 5.75 Å². The molecule has 0 saturated carbocycles. The van der Waals surface area contributed by atoms with Gasteiger partial charge in [0.15, 0.2) is 5.78 Å². The van der Waals surface area contributed by atoms with Crippen molar-refractivity contribution in [3.63, 3.8) is 0 Å². The van der Waals surface area contributed by atoms with Gasteiger partial charge in [0.2, 0.25) is 0 Å². The normalized spacial score (nSPS) is 22.4. The van der Waals surface area contributed by atoms with E-state index in [2.05, 4.69) is 0 Å². The molecule has 2 rings (SSSR count). The number of hydrogen-bond donors (Lipinski definition) is 1. The first-order chi connectivity index (χ1) is 10.6. The third-order valence-corrected chi connectivity index (χ3v) is 4.62. The summed E-state index contributed by atoms with van der Waals surface area (Å²) in [5.41, 5.74) is 2.02. The zero-order valence-electron chi connectivity index (χ0n) is 12.9. The fourth-order valence-corrected chi connectivity index (χ4v) is 3.09. The average Bonchev–Trinajstić information content (AvgIpc) is 2.58. The summed E-state index contributed by atoms with van der Waals surface area (Å²) in [4.78, 5) is 13.1. The molecule has 0 aliphatic heterocycles. The fourth-order valence-electron chi connectivity index (χ4n) is 2.75. The van der Waals surface area contributed by atoms with Crippen molar-refractivity contribution in [3.05, 3.63) is 35.9 Å². The van der Waals surface area contributed by atoms with Crippen molar-refractivity contribution in [2.45, 2.75) is 32.1 Å². The van der Waals surface area contributed by atoms with Crippen LogP contribution in [0.15, 0.2) is 30.3 Å². The molecule has 0 bridgehead atoms. The van der Waals surface area contributed by atoms with E-state index >= 15 is 0 Å². The van der Waals surface area contributed by atoms with Crippen molar-refractivity contribution in [2.75, 3.05) is 13.7 Å². The Balaban J connectivity index is 2.18. The Morgan fingerprint density at radius 3 is 2.64 bits per heavy atom. The van der Waals surface area contributed by atoms with Crippen LogP contribution in [0.4, 0.5) is 0 Å². The van der Waals surface area contributed by atoms with Crippen LogP contribution in [0, 0.1) is 5.92 Å². The molecule has 1 atom stereocenters. The second-order valence-electron chi connectivity index (χ2n) is 5.67. The van der Waals surface area contributed by atoms with Crippen LogP contribution >= 0.6 is 12.2 Å². The Hall–Kier alpha value is -1.52. The number of hydrogen-bond acceptors (Lipinski definition) is 4. The van der Waals surface area contributed by atoms with E-state index in [4.69, 9.17) is 17.0 Å². The van der Waals surface area contributed by atoms with Gasteiger partial charge in [-0.05, 0) is 65.8 Å². The Morgan fingerprint density at radius 1 is 1.23 bits per heavy atom. The lowest BCUT2D eigenvalue weighted by Crippen LogP contribution is -2.15. The summed E-state index contributed by atoms with van der Waals surface area (Å²) in [6.07, 6.45) is 5.55.